The van der Waals surface area contributed by atoms with Gasteiger partial charge in [0.25, 0.3) is 5.91 Å². The molecule has 2 aromatic carbocycles. The van der Waals surface area contributed by atoms with Gasteiger partial charge in [0, 0.05) is 11.4 Å². The van der Waals surface area contributed by atoms with Gasteiger partial charge in [0.1, 0.15) is 11.6 Å². The number of carbonyl (C=O) groups is 2. The van der Waals surface area contributed by atoms with Crippen LogP contribution in [0.15, 0.2) is 93.2 Å². The first-order chi connectivity index (χ1) is 18.4. The van der Waals surface area contributed by atoms with Gasteiger partial charge in [0.05, 0.1) is 50.4 Å². The van der Waals surface area contributed by atoms with Crippen molar-refractivity contribution in [2.24, 2.45) is 0 Å². The minimum absolute atomic E-state index is 0.0176. The molecular weight excluding hydrogens is 525 g/mol. The predicted octanol–water partition coefficient (Wildman–Crippen LogP) is 5.73. The van der Waals surface area contributed by atoms with Crippen LogP contribution < -0.4 is 16.0 Å². The van der Waals surface area contributed by atoms with Gasteiger partial charge in [-0.15, -0.1) is 0 Å². The van der Waals surface area contributed by atoms with Crippen LogP contribution in [0.1, 0.15) is 18.6 Å². The molecule has 0 unspecified atom stereocenters. The molecule has 190 valence electrons. The average Bonchev–Trinajstić information content (AvgIpc) is 3.58. The molecule has 38 heavy (non-hydrogen) atoms. The van der Waals surface area contributed by atoms with Gasteiger partial charge in [-0.1, -0.05) is 35.2 Å². The van der Waals surface area contributed by atoms with Crippen LogP contribution in [0.5, 0.6) is 0 Å². The van der Waals surface area contributed by atoms with Crippen LogP contribution in [0, 0.1) is 17.1 Å². The van der Waals surface area contributed by atoms with Crippen molar-refractivity contribution >= 4 is 55.9 Å². The van der Waals surface area contributed by atoms with Gasteiger partial charge in [-0.3, -0.25) is 14.9 Å². The van der Waals surface area contributed by atoms with E-state index >= 15 is 0 Å². The molecule has 0 saturated heterocycles. The first kappa shape index (κ1) is 25.3. The number of rotatable bonds is 7. The quantitative estimate of drug-likeness (QED) is 0.271. The Morgan fingerprint density at radius 3 is 2.66 bits per heavy atom. The fourth-order valence-electron chi connectivity index (χ4n) is 4.03. The second-order valence-electron chi connectivity index (χ2n) is 8.25. The number of fused-ring (bicyclic) bond motifs is 1. The molecule has 1 atom stereocenters. The molecule has 5 rings (SSSR count). The summed E-state index contributed by atoms with van der Waals surface area (Å²) < 4.78 is 19.7. The Kier molecular flexibility index (Phi) is 7.26. The van der Waals surface area contributed by atoms with E-state index in [9.17, 15) is 19.2 Å². The Balaban J connectivity index is 1.39. The SMILES string of the molecule is CC1=C(C(=O)Nc2nc3ccccc3s2)[C@H](c2ccco2)C(C#N)=C(SCC(=O)Nc2ccc(F)cc2)N1. The monoisotopic (exact) mass is 545 g/mol. The summed E-state index contributed by atoms with van der Waals surface area (Å²) in [5, 5.41) is 19.7. The zero-order valence-corrected chi connectivity index (χ0v) is 21.6. The van der Waals surface area contributed by atoms with Crippen molar-refractivity contribution < 1.29 is 18.4 Å². The maximum Gasteiger partial charge on any atom is 0.256 e. The number of thioether (sulfide) groups is 1. The second-order valence-corrected chi connectivity index (χ2v) is 10.3. The van der Waals surface area contributed by atoms with Crippen LogP contribution in [0.4, 0.5) is 15.2 Å². The summed E-state index contributed by atoms with van der Waals surface area (Å²) in [6, 6.07) is 18.6. The third kappa shape index (κ3) is 5.32. The lowest BCUT2D eigenvalue weighted by molar-refractivity contribution is -0.114. The molecule has 2 amide bonds. The van der Waals surface area contributed by atoms with Crippen LogP contribution in [0.25, 0.3) is 10.2 Å². The summed E-state index contributed by atoms with van der Waals surface area (Å²) in [5.74, 6) is -1.53. The van der Waals surface area contributed by atoms with E-state index in [1.807, 2.05) is 24.3 Å². The van der Waals surface area contributed by atoms with E-state index in [0.717, 1.165) is 22.0 Å². The number of para-hydroxylation sites is 1. The molecule has 0 saturated carbocycles. The lowest BCUT2D eigenvalue weighted by Crippen LogP contribution is -2.31. The Bertz CT molecular complexity index is 1590. The number of nitrogens with one attached hydrogen (secondary N) is 3. The topological polar surface area (TPSA) is 120 Å². The maximum absolute atomic E-state index is 13.5. The smallest absolute Gasteiger partial charge is 0.256 e. The molecule has 8 nitrogen and oxygen atoms in total. The summed E-state index contributed by atoms with van der Waals surface area (Å²) in [6.07, 6.45) is 1.48. The van der Waals surface area contributed by atoms with Gasteiger partial charge in [-0.2, -0.15) is 5.26 Å². The summed E-state index contributed by atoms with van der Waals surface area (Å²) in [7, 11) is 0. The fourth-order valence-corrected chi connectivity index (χ4v) is 5.78. The van der Waals surface area contributed by atoms with Crippen molar-refractivity contribution in [1.29, 1.82) is 5.26 Å². The van der Waals surface area contributed by atoms with Gasteiger partial charge < -0.3 is 15.1 Å². The van der Waals surface area contributed by atoms with E-state index in [1.54, 1.807) is 19.1 Å². The summed E-state index contributed by atoms with van der Waals surface area (Å²) in [6.45, 7) is 1.73. The number of carbonyl (C=O) groups excluding carboxylic acids is 2. The normalized spacial score (nSPS) is 15.2. The highest BCUT2D eigenvalue weighted by Gasteiger charge is 2.36. The van der Waals surface area contributed by atoms with Crippen molar-refractivity contribution in [2.45, 2.75) is 12.8 Å². The number of halogens is 1. The molecule has 1 aliphatic rings. The number of furan rings is 1. The lowest BCUT2D eigenvalue weighted by atomic mass is 9.85. The molecular formula is C27H20FN5O3S2. The van der Waals surface area contributed by atoms with Crippen molar-refractivity contribution in [2.75, 3.05) is 16.4 Å². The summed E-state index contributed by atoms with van der Waals surface area (Å²) in [4.78, 5) is 30.5. The number of aromatic nitrogens is 1. The number of allylic oxidation sites excluding steroid dienone is 2. The van der Waals surface area contributed by atoms with Crippen LogP contribution in [0.2, 0.25) is 0 Å². The molecule has 3 heterocycles. The van der Waals surface area contributed by atoms with E-state index < -0.39 is 17.6 Å². The number of hydrogen-bond donors (Lipinski definition) is 3. The van der Waals surface area contributed by atoms with Crippen molar-refractivity contribution in [3.63, 3.8) is 0 Å². The molecule has 0 fully saturated rings. The van der Waals surface area contributed by atoms with Gasteiger partial charge >= 0.3 is 0 Å². The molecule has 4 aromatic rings. The molecule has 11 heteroatoms. The Hall–Kier alpha value is -4.40. The van der Waals surface area contributed by atoms with Gasteiger partial charge in [0.15, 0.2) is 5.13 Å². The maximum atomic E-state index is 13.5. The number of thiazole rings is 1. The number of nitrogens with zero attached hydrogens (tertiary/aromatic N) is 2. The average molecular weight is 546 g/mol. The van der Waals surface area contributed by atoms with E-state index in [4.69, 9.17) is 4.42 Å². The molecule has 1 aliphatic heterocycles. The molecule has 3 N–H and O–H groups in total. The van der Waals surface area contributed by atoms with Crippen molar-refractivity contribution in [3.8, 4) is 6.07 Å². The van der Waals surface area contributed by atoms with E-state index in [2.05, 4.69) is 27.0 Å². The third-order valence-corrected chi connectivity index (χ3v) is 7.68. The molecule has 0 aliphatic carbocycles. The largest absolute Gasteiger partial charge is 0.468 e. The number of anilines is 2. The van der Waals surface area contributed by atoms with Crippen molar-refractivity contribution in [1.82, 2.24) is 10.3 Å². The second kappa shape index (κ2) is 10.9. The van der Waals surface area contributed by atoms with E-state index in [1.165, 1.54) is 41.9 Å². The standard InChI is InChI=1S/C27H20FN5O3S2/c1-15-23(25(35)33-27-32-19-5-2-3-7-21(19)38-27)24(20-6-4-12-36-20)18(13-29)26(30-15)37-14-22(34)31-17-10-8-16(28)9-11-17/h2-12,24,30H,14H2,1H3,(H,31,34)(H,32,33,35)/t24-/m0/s1. The predicted molar refractivity (Wildman–Crippen MR) is 146 cm³/mol. The first-order valence-corrected chi connectivity index (χ1v) is 13.2. The molecule has 0 bridgehead atoms. The third-order valence-electron chi connectivity index (χ3n) is 5.71. The number of benzene rings is 2. The van der Waals surface area contributed by atoms with Gasteiger partial charge in [-0.05, 0) is 55.5 Å². The van der Waals surface area contributed by atoms with E-state index in [-0.39, 0.29) is 17.2 Å². The highest BCUT2D eigenvalue weighted by atomic mass is 32.2. The zero-order valence-electron chi connectivity index (χ0n) is 19.9. The molecule has 2 aromatic heterocycles. The fraction of sp³-hybridized carbons (Fsp3) is 0.111. The van der Waals surface area contributed by atoms with Gasteiger partial charge in [0.2, 0.25) is 5.91 Å². The Morgan fingerprint density at radius 2 is 1.95 bits per heavy atom. The lowest BCUT2D eigenvalue weighted by Gasteiger charge is -2.28. The van der Waals surface area contributed by atoms with Crippen LogP contribution >= 0.6 is 23.1 Å². The molecule has 0 radical (unpaired) electrons. The minimum Gasteiger partial charge on any atom is -0.468 e. The van der Waals surface area contributed by atoms with E-state index in [0.29, 0.717) is 32.9 Å². The number of amides is 2. The summed E-state index contributed by atoms with van der Waals surface area (Å²) >= 11 is 2.48. The highest BCUT2D eigenvalue weighted by Crippen LogP contribution is 2.41. The van der Waals surface area contributed by atoms with Crippen molar-refractivity contribution in [3.05, 3.63) is 100 Å². The number of dihydropyridines is 1. The van der Waals surface area contributed by atoms with Crippen LogP contribution in [-0.4, -0.2) is 22.6 Å². The Morgan fingerprint density at radius 1 is 1.16 bits per heavy atom. The minimum atomic E-state index is -0.784. The van der Waals surface area contributed by atoms with Crippen LogP contribution in [0.3, 0.4) is 0 Å². The number of nitriles is 1. The van der Waals surface area contributed by atoms with Crippen LogP contribution in [-0.2, 0) is 9.59 Å². The molecule has 0 spiro atoms. The Labute approximate surface area is 225 Å². The highest BCUT2D eigenvalue weighted by molar-refractivity contribution is 8.03. The van der Waals surface area contributed by atoms with Gasteiger partial charge in [-0.25, -0.2) is 9.37 Å². The zero-order chi connectivity index (χ0) is 26.6. The summed E-state index contributed by atoms with van der Waals surface area (Å²) in [5.41, 5.74) is 2.32. The first-order valence-electron chi connectivity index (χ1n) is 11.4. The number of hydrogen-bond acceptors (Lipinski definition) is 8.